The van der Waals surface area contributed by atoms with Crippen LogP contribution in [0.1, 0.15) is 21.5 Å². The van der Waals surface area contributed by atoms with Gasteiger partial charge in [0, 0.05) is 11.1 Å². The highest BCUT2D eigenvalue weighted by atomic mass is 16.4. The molecule has 2 aromatic rings. The first-order chi connectivity index (χ1) is 9.58. The quantitative estimate of drug-likeness (QED) is 0.759. The van der Waals surface area contributed by atoms with Crippen molar-refractivity contribution >= 4 is 11.8 Å². The van der Waals surface area contributed by atoms with E-state index in [0.717, 1.165) is 16.7 Å². The molecule has 0 radical (unpaired) electrons. The second-order valence-corrected chi connectivity index (χ2v) is 4.90. The number of carbonyl (C=O) groups is 2. The fraction of sp³-hybridized carbons (Fsp3) is 0.125. The molecule has 2 aromatic carbocycles. The Balaban J connectivity index is 2.03. The van der Waals surface area contributed by atoms with Crippen LogP contribution in [0.15, 0.2) is 42.5 Å². The van der Waals surface area contributed by atoms with Gasteiger partial charge in [0.15, 0.2) is 5.78 Å². The van der Waals surface area contributed by atoms with Crippen molar-refractivity contribution in [2.45, 2.75) is 12.5 Å². The maximum atomic E-state index is 12.2. The number of fused-ring (bicyclic) bond motifs is 3. The molecule has 20 heavy (non-hydrogen) atoms. The van der Waals surface area contributed by atoms with Crippen LogP contribution in [0.3, 0.4) is 0 Å². The van der Waals surface area contributed by atoms with Crippen molar-refractivity contribution in [3.8, 4) is 11.1 Å². The summed E-state index contributed by atoms with van der Waals surface area (Å²) in [6.45, 7) is 0. The van der Waals surface area contributed by atoms with Gasteiger partial charge in [-0.15, -0.1) is 0 Å². The SMILES string of the molecule is N[C@@H](Cc1ccc2c(c1)-c1ccccc1C2=O)C(=O)O. The third-order valence-corrected chi connectivity index (χ3v) is 3.56. The van der Waals surface area contributed by atoms with E-state index in [9.17, 15) is 9.59 Å². The van der Waals surface area contributed by atoms with E-state index in [2.05, 4.69) is 0 Å². The minimum absolute atomic E-state index is 0.0182. The Bertz CT molecular complexity index is 721. The van der Waals surface area contributed by atoms with Crippen LogP contribution in [0.4, 0.5) is 0 Å². The monoisotopic (exact) mass is 267 g/mol. The molecule has 4 heteroatoms. The van der Waals surface area contributed by atoms with Crippen LogP contribution in [-0.2, 0) is 11.2 Å². The molecule has 0 bridgehead atoms. The van der Waals surface area contributed by atoms with Crippen LogP contribution >= 0.6 is 0 Å². The molecule has 1 atom stereocenters. The zero-order chi connectivity index (χ0) is 14.3. The lowest BCUT2D eigenvalue weighted by atomic mass is 9.99. The van der Waals surface area contributed by atoms with Gasteiger partial charge in [-0.2, -0.15) is 0 Å². The molecule has 0 aliphatic heterocycles. The Morgan fingerprint density at radius 3 is 2.40 bits per heavy atom. The molecule has 0 saturated carbocycles. The summed E-state index contributed by atoms with van der Waals surface area (Å²) in [7, 11) is 0. The van der Waals surface area contributed by atoms with Crippen LogP contribution in [0.5, 0.6) is 0 Å². The first kappa shape index (κ1) is 12.6. The largest absolute Gasteiger partial charge is 0.480 e. The van der Waals surface area contributed by atoms with Crippen molar-refractivity contribution in [3.05, 3.63) is 59.2 Å². The predicted octanol–water partition coefficient (Wildman–Crippen LogP) is 1.85. The van der Waals surface area contributed by atoms with E-state index in [0.29, 0.717) is 11.1 Å². The Morgan fingerprint density at radius 2 is 1.70 bits per heavy atom. The van der Waals surface area contributed by atoms with Gasteiger partial charge in [0.05, 0.1) is 0 Å². The fourth-order valence-electron chi connectivity index (χ4n) is 2.54. The van der Waals surface area contributed by atoms with Crippen molar-refractivity contribution in [1.82, 2.24) is 0 Å². The van der Waals surface area contributed by atoms with E-state index in [1.54, 1.807) is 18.2 Å². The summed E-state index contributed by atoms with van der Waals surface area (Å²) >= 11 is 0. The molecule has 0 spiro atoms. The van der Waals surface area contributed by atoms with Gasteiger partial charge in [-0.25, -0.2) is 0 Å². The average molecular weight is 267 g/mol. The molecule has 4 nitrogen and oxygen atoms in total. The second-order valence-electron chi connectivity index (χ2n) is 4.90. The number of benzene rings is 2. The number of rotatable bonds is 3. The predicted molar refractivity (Wildman–Crippen MR) is 74.6 cm³/mol. The Hall–Kier alpha value is -2.46. The normalized spacial score (nSPS) is 13.8. The Labute approximate surface area is 115 Å². The third kappa shape index (κ3) is 1.90. The molecule has 100 valence electrons. The van der Waals surface area contributed by atoms with E-state index in [4.69, 9.17) is 10.8 Å². The number of carboxylic acids is 1. The standard InChI is InChI=1S/C16H13NO3/c17-14(16(19)20)8-9-5-6-12-13(7-9)10-3-1-2-4-11(10)15(12)18/h1-7,14H,8,17H2,(H,19,20)/t14-/m0/s1. The molecule has 0 unspecified atom stereocenters. The minimum Gasteiger partial charge on any atom is -0.480 e. The highest BCUT2D eigenvalue weighted by Crippen LogP contribution is 2.36. The molecule has 0 fully saturated rings. The van der Waals surface area contributed by atoms with Gasteiger partial charge in [0.25, 0.3) is 0 Å². The molecule has 0 amide bonds. The van der Waals surface area contributed by atoms with Crippen LogP contribution in [0.2, 0.25) is 0 Å². The van der Waals surface area contributed by atoms with Crippen LogP contribution in [0, 0.1) is 0 Å². The highest BCUT2D eigenvalue weighted by molar-refractivity contribution is 6.21. The second kappa shape index (κ2) is 4.58. The number of carbonyl (C=O) groups excluding carboxylic acids is 1. The third-order valence-electron chi connectivity index (χ3n) is 3.56. The Morgan fingerprint density at radius 1 is 1.05 bits per heavy atom. The summed E-state index contributed by atoms with van der Waals surface area (Å²) in [4.78, 5) is 23.0. The van der Waals surface area contributed by atoms with Gasteiger partial charge in [0.2, 0.25) is 0 Å². The van der Waals surface area contributed by atoms with E-state index in [1.807, 2.05) is 24.3 Å². The molecule has 0 aromatic heterocycles. The van der Waals surface area contributed by atoms with E-state index < -0.39 is 12.0 Å². The van der Waals surface area contributed by atoms with Gasteiger partial charge in [0.1, 0.15) is 6.04 Å². The number of hydrogen-bond donors (Lipinski definition) is 2. The minimum atomic E-state index is -1.03. The van der Waals surface area contributed by atoms with E-state index in [-0.39, 0.29) is 12.2 Å². The zero-order valence-electron chi connectivity index (χ0n) is 10.7. The van der Waals surface area contributed by atoms with Gasteiger partial charge in [-0.3, -0.25) is 9.59 Å². The molecular formula is C16H13NO3. The van der Waals surface area contributed by atoms with Crippen molar-refractivity contribution in [2.75, 3.05) is 0 Å². The smallest absolute Gasteiger partial charge is 0.320 e. The van der Waals surface area contributed by atoms with E-state index >= 15 is 0 Å². The van der Waals surface area contributed by atoms with Gasteiger partial charge in [-0.05, 0) is 23.1 Å². The first-order valence-corrected chi connectivity index (χ1v) is 6.33. The van der Waals surface area contributed by atoms with Crippen molar-refractivity contribution < 1.29 is 14.7 Å². The maximum Gasteiger partial charge on any atom is 0.320 e. The van der Waals surface area contributed by atoms with E-state index in [1.165, 1.54) is 0 Å². The molecular weight excluding hydrogens is 254 g/mol. The average Bonchev–Trinajstić information content (AvgIpc) is 2.73. The summed E-state index contributed by atoms with van der Waals surface area (Å²) in [5, 5.41) is 8.86. The van der Waals surface area contributed by atoms with Crippen molar-refractivity contribution in [1.29, 1.82) is 0 Å². The lowest BCUT2D eigenvalue weighted by Crippen LogP contribution is -2.32. The number of hydrogen-bond acceptors (Lipinski definition) is 3. The van der Waals surface area contributed by atoms with Gasteiger partial charge < -0.3 is 10.8 Å². The van der Waals surface area contributed by atoms with Gasteiger partial charge in [-0.1, -0.05) is 42.5 Å². The summed E-state index contributed by atoms with van der Waals surface area (Å²) in [6, 6.07) is 11.9. The lowest BCUT2D eigenvalue weighted by Gasteiger charge is -2.08. The van der Waals surface area contributed by atoms with Crippen LogP contribution < -0.4 is 5.73 Å². The molecule has 3 N–H and O–H groups in total. The summed E-state index contributed by atoms with van der Waals surface area (Å²) in [5.41, 5.74) is 9.50. The number of nitrogens with two attached hydrogens (primary N) is 1. The van der Waals surface area contributed by atoms with Crippen LogP contribution in [-0.4, -0.2) is 22.9 Å². The number of aliphatic carboxylic acids is 1. The summed E-state index contributed by atoms with van der Waals surface area (Å²) < 4.78 is 0. The molecule has 0 heterocycles. The van der Waals surface area contributed by atoms with Crippen molar-refractivity contribution in [2.24, 2.45) is 5.73 Å². The molecule has 1 aliphatic rings. The fourth-order valence-corrected chi connectivity index (χ4v) is 2.54. The molecule has 3 rings (SSSR count). The highest BCUT2D eigenvalue weighted by Gasteiger charge is 2.26. The maximum absolute atomic E-state index is 12.2. The lowest BCUT2D eigenvalue weighted by molar-refractivity contribution is -0.138. The van der Waals surface area contributed by atoms with Gasteiger partial charge >= 0.3 is 5.97 Å². The summed E-state index contributed by atoms with van der Waals surface area (Å²) in [5.74, 6) is -1.01. The number of ketones is 1. The number of carboxylic acid groups (broad SMARTS) is 1. The molecule has 0 saturated heterocycles. The first-order valence-electron chi connectivity index (χ1n) is 6.33. The Kier molecular flexibility index (Phi) is 2.88. The topological polar surface area (TPSA) is 80.4 Å². The zero-order valence-corrected chi connectivity index (χ0v) is 10.7. The summed E-state index contributed by atoms with van der Waals surface area (Å²) in [6.07, 6.45) is 0.249. The van der Waals surface area contributed by atoms with Crippen molar-refractivity contribution in [3.63, 3.8) is 0 Å². The van der Waals surface area contributed by atoms with Crippen LogP contribution in [0.25, 0.3) is 11.1 Å². The molecule has 1 aliphatic carbocycles.